The van der Waals surface area contributed by atoms with E-state index >= 15 is 0 Å². The Morgan fingerprint density at radius 3 is 2.32 bits per heavy atom. The first-order chi connectivity index (χ1) is 12.1. The van der Waals surface area contributed by atoms with Crippen LogP contribution in [-0.2, 0) is 4.79 Å². The molecular weight excluding hydrogens is 316 g/mol. The van der Waals surface area contributed by atoms with Gasteiger partial charge in [0, 0.05) is 49.8 Å². The van der Waals surface area contributed by atoms with E-state index in [-0.39, 0.29) is 17.7 Å². The SMILES string of the molecule is CC[C@@H](C(=O)N1CCN(c2ccc(C(C)=O)cc2)CC1)n1cccn1. The molecule has 0 aliphatic carbocycles. The summed E-state index contributed by atoms with van der Waals surface area (Å²) in [5.41, 5.74) is 1.82. The summed E-state index contributed by atoms with van der Waals surface area (Å²) in [5, 5.41) is 4.22. The molecule has 2 heterocycles. The van der Waals surface area contributed by atoms with Crippen LogP contribution in [0.1, 0.15) is 36.7 Å². The van der Waals surface area contributed by atoms with Gasteiger partial charge in [-0.2, -0.15) is 5.10 Å². The van der Waals surface area contributed by atoms with Gasteiger partial charge in [0.1, 0.15) is 6.04 Å². The molecule has 0 radical (unpaired) electrons. The minimum Gasteiger partial charge on any atom is -0.368 e. The molecular formula is C19H24N4O2. The van der Waals surface area contributed by atoms with E-state index in [0.29, 0.717) is 13.1 Å². The summed E-state index contributed by atoms with van der Waals surface area (Å²) >= 11 is 0. The van der Waals surface area contributed by atoms with Gasteiger partial charge >= 0.3 is 0 Å². The van der Waals surface area contributed by atoms with Gasteiger partial charge in [-0.1, -0.05) is 6.92 Å². The number of carbonyl (C=O) groups excluding carboxylic acids is 2. The molecule has 1 fully saturated rings. The van der Waals surface area contributed by atoms with Crippen LogP contribution in [0.3, 0.4) is 0 Å². The highest BCUT2D eigenvalue weighted by Crippen LogP contribution is 2.20. The zero-order valence-corrected chi connectivity index (χ0v) is 14.8. The molecule has 0 bridgehead atoms. The van der Waals surface area contributed by atoms with Crippen molar-refractivity contribution >= 4 is 17.4 Å². The van der Waals surface area contributed by atoms with Gasteiger partial charge < -0.3 is 9.80 Å². The maximum absolute atomic E-state index is 12.8. The van der Waals surface area contributed by atoms with E-state index in [2.05, 4.69) is 10.00 Å². The number of nitrogens with zero attached hydrogens (tertiary/aromatic N) is 4. The molecule has 1 aliphatic heterocycles. The number of piperazine rings is 1. The van der Waals surface area contributed by atoms with Crippen LogP contribution in [-0.4, -0.2) is 52.5 Å². The van der Waals surface area contributed by atoms with Crippen LogP contribution < -0.4 is 4.90 Å². The molecule has 6 heteroatoms. The molecule has 1 saturated heterocycles. The lowest BCUT2D eigenvalue weighted by atomic mass is 10.1. The second-order valence-electron chi connectivity index (χ2n) is 6.33. The number of Topliss-reactive ketones (excluding diaryl/α,β-unsaturated/α-hetero) is 1. The first-order valence-corrected chi connectivity index (χ1v) is 8.74. The van der Waals surface area contributed by atoms with Crippen molar-refractivity contribution in [1.29, 1.82) is 0 Å². The van der Waals surface area contributed by atoms with E-state index in [0.717, 1.165) is 30.8 Å². The van der Waals surface area contributed by atoms with E-state index in [1.54, 1.807) is 17.8 Å². The van der Waals surface area contributed by atoms with Crippen LogP contribution in [0.25, 0.3) is 0 Å². The molecule has 1 aliphatic rings. The second-order valence-corrected chi connectivity index (χ2v) is 6.33. The Kier molecular flexibility index (Phi) is 5.16. The number of hydrogen-bond acceptors (Lipinski definition) is 4. The standard InChI is InChI=1S/C19H24N4O2/c1-3-18(23-10-4-9-20-23)19(25)22-13-11-21(12-14-22)17-7-5-16(6-8-17)15(2)24/h4-10,18H,3,11-14H2,1-2H3/t18-/m0/s1. The quantitative estimate of drug-likeness (QED) is 0.784. The zero-order chi connectivity index (χ0) is 17.8. The molecule has 3 rings (SSSR count). The Bertz CT molecular complexity index is 716. The highest BCUT2D eigenvalue weighted by atomic mass is 16.2. The fourth-order valence-corrected chi connectivity index (χ4v) is 3.24. The number of amides is 1. The van der Waals surface area contributed by atoms with Crippen LogP contribution in [0.15, 0.2) is 42.7 Å². The van der Waals surface area contributed by atoms with E-state index in [9.17, 15) is 9.59 Å². The molecule has 1 amide bonds. The predicted molar refractivity (Wildman–Crippen MR) is 96.8 cm³/mol. The lowest BCUT2D eigenvalue weighted by Gasteiger charge is -2.37. The molecule has 0 unspecified atom stereocenters. The number of anilines is 1. The zero-order valence-electron chi connectivity index (χ0n) is 14.8. The topological polar surface area (TPSA) is 58.4 Å². The van der Waals surface area contributed by atoms with Crippen molar-refractivity contribution in [2.45, 2.75) is 26.3 Å². The summed E-state index contributed by atoms with van der Waals surface area (Å²) in [6, 6.07) is 9.30. The van der Waals surface area contributed by atoms with Gasteiger partial charge in [0.05, 0.1) is 0 Å². The minimum atomic E-state index is -0.226. The number of hydrogen-bond donors (Lipinski definition) is 0. The van der Waals surface area contributed by atoms with Crippen molar-refractivity contribution < 1.29 is 9.59 Å². The summed E-state index contributed by atoms with van der Waals surface area (Å²) in [4.78, 5) is 28.4. The van der Waals surface area contributed by atoms with Crippen molar-refractivity contribution in [3.8, 4) is 0 Å². The van der Waals surface area contributed by atoms with Crippen LogP contribution in [0.5, 0.6) is 0 Å². The van der Waals surface area contributed by atoms with Gasteiger partial charge in [0.25, 0.3) is 0 Å². The van der Waals surface area contributed by atoms with E-state index in [1.165, 1.54) is 0 Å². The lowest BCUT2D eigenvalue weighted by Crippen LogP contribution is -2.50. The van der Waals surface area contributed by atoms with Crippen molar-refractivity contribution in [3.05, 3.63) is 48.3 Å². The summed E-state index contributed by atoms with van der Waals surface area (Å²) in [6.45, 7) is 6.57. The van der Waals surface area contributed by atoms with Gasteiger partial charge in [0.15, 0.2) is 5.78 Å². The van der Waals surface area contributed by atoms with Gasteiger partial charge in [0.2, 0.25) is 5.91 Å². The second kappa shape index (κ2) is 7.51. The predicted octanol–water partition coefficient (Wildman–Crippen LogP) is 2.39. The molecule has 1 aromatic carbocycles. The van der Waals surface area contributed by atoms with Crippen LogP contribution in [0.2, 0.25) is 0 Å². The van der Waals surface area contributed by atoms with Gasteiger partial charge in [-0.25, -0.2) is 0 Å². The highest BCUT2D eigenvalue weighted by Gasteiger charge is 2.27. The van der Waals surface area contributed by atoms with Crippen LogP contribution >= 0.6 is 0 Å². The fourth-order valence-electron chi connectivity index (χ4n) is 3.24. The molecule has 0 saturated carbocycles. The molecule has 25 heavy (non-hydrogen) atoms. The largest absolute Gasteiger partial charge is 0.368 e. The maximum Gasteiger partial charge on any atom is 0.247 e. The van der Waals surface area contributed by atoms with Gasteiger partial charge in [-0.3, -0.25) is 14.3 Å². The Morgan fingerprint density at radius 2 is 1.80 bits per heavy atom. The monoisotopic (exact) mass is 340 g/mol. The van der Waals surface area contributed by atoms with Crippen LogP contribution in [0.4, 0.5) is 5.69 Å². The molecule has 1 atom stereocenters. The smallest absolute Gasteiger partial charge is 0.247 e. The fraction of sp³-hybridized carbons (Fsp3) is 0.421. The Balaban J connectivity index is 1.61. The maximum atomic E-state index is 12.8. The average molecular weight is 340 g/mol. The number of benzene rings is 1. The Hall–Kier alpha value is -2.63. The normalized spacial score (nSPS) is 15.9. The summed E-state index contributed by atoms with van der Waals surface area (Å²) < 4.78 is 1.75. The summed E-state index contributed by atoms with van der Waals surface area (Å²) in [5.74, 6) is 0.212. The minimum absolute atomic E-state index is 0.0752. The van der Waals surface area contributed by atoms with Crippen molar-refractivity contribution in [1.82, 2.24) is 14.7 Å². The number of rotatable bonds is 5. The first-order valence-electron chi connectivity index (χ1n) is 8.74. The van der Waals surface area contributed by atoms with E-state index < -0.39 is 0 Å². The molecule has 0 N–H and O–H groups in total. The first kappa shape index (κ1) is 17.2. The van der Waals surface area contributed by atoms with Crippen LogP contribution in [0, 0.1) is 0 Å². The van der Waals surface area contributed by atoms with Gasteiger partial charge in [-0.05, 0) is 43.7 Å². The van der Waals surface area contributed by atoms with Crippen molar-refractivity contribution in [2.75, 3.05) is 31.1 Å². The number of ketones is 1. The number of carbonyl (C=O) groups is 2. The molecule has 6 nitrogen and oxygen atoms in total. The molecule has 132 valence electrons. The summed E-state index contributed by atoms with van der Waals surface area (Å²) in [7, 11) is 0. The number of aromatic nitrogens is 2. The highest BCUT2D eigenvalue weighted by molar-refractivity contribution is 5.94. The van der Waals surface area contributed by atoms with Gasteiger partial charge in [-0.15, -0.1) is 0 Å². The molecule has 2 aromatic rings. The summed E-state index contributed by atoms with van der Waals surface area (Å²) in [6.07, 6.45) is 4.28. The molecule has 0 spiro atoms. The third-order valence-electron chi connectivity index (χ3n) is 4.75. The lowest BCUT2D eigenvalue weighted by molar-refractivity contribution is -0.135. The molecule has 1 aromatic heterocycles. The average Bonchev–Trinajstić information content (AvgIpc) is 3.17. The van der Waals surface area contributed by atoms with E-state index in [1.807, 2.05) is 48.4 Å². The van der Waals surface area contributed by atoms with E-state index in [4.69, 9.17) is 0 Å². The Labute approximate surface area is 148 Å². The van der Waals surface area contributed by atoms with Crippen molar-refractivity contribution in [2.24, 2.45) is 0 Å². The van der Waals surface area contributed by atoms with Crippen molar-refractivity contribution in [3.63, 3.8) is 0 Å². The Morgan fingerprint density at radius 1 is 1.12 bits per heavy atom. The third kappa shape index (κ3) is 3.73. The third-order valence-corrected chi connectivity index (χ3v) is 4.75.